The molecule has 0 N–H and O–H groups in total. The molecule has 1 fully saturated rings. The van der Waals surface area contributed by atoms with Gasteiger partial charge in [-0.25, -0.2) is 0 Å². The minimum Gasteiger partial charge on any atom is -0.0654 e. The van der Waals surface area contributed by atoms with Crippen LogP contribution in [0.3, 0.4) is 0 Å². The topological polar surface area (TPSA) is 0 Å². The zero-order valence-electron chi connectivity index (χ0n) is 21.4. The van der Waals surface area contributed by atoms with E-state index in [1.54, 1.807) is 0 Å². The molecular formula is C34H42. The minimum absolute atomic E-state index is 0.747. The third-order valence-electron chi connectivity index (χ3n) is 7.77. The van der Waals surface area contributed by atoms with Gasteiger partial charge in [0.05, 0.1) is 0 Å². The first-order chi connectivity index (χ1) is 16.7. The average molecular weight is 451 g/mol. The number of unbranched alkanes of at least 4 members (excludes halogenated alkanes) is 4. The summed E-state index contributed by atoms with van der Waals surface area (Å²) in [6.45, 7) is 4.56. The zero-order chi connectivity index (χ0) is 23.6. The van der Waals surface area contributed by atoms with Crippen molar-refractivity contribution in [1.29, 1.82) is 0 Å². The van der Waals surface area contributed by atoms with Crippen molar-refractivity contribution in [2.24, 2.45) is 5.92 Å². The Kier molecular flexibility index (Phi) is 9.27. The smallest absolute Gasteiger partial charge is 0.0255 e. The molecule has 0 saturated heterocycles. The lowest BCUT2D eigenvalue weighted by molar-refractivity contribution is 0.303. The summed E-state index contributed by atoms with van der Waals surface area (Å²) < 4.78 is 0. The Hall–Kier alpha value is -2.52. The second kappa shape index (κ2) is 12.8. The highest BCUT2D eigenvalue weighted by molar-refractivity contribution is 5.84. The molecule has 3 aromatic rings. The van der Waals surface area contributed by atoms with Crippen molar-refractivity contribution in [3.63, 3.8) is 0 Å². The second-order valence-corrected chi connectivity index (χ2v) is 10.4. The molecular weight excluding hydrogens is 408 g/mol. The van der Waals surface area contributed by atoms with E-state index in [2.05, 4.69) is 86.4 Å². The van der Waals surface area contributed by atoms with Gasteiger partial charge in [0, 0.05) is 11.1 Å². The van der Waals surface area contributed by atoms with E-state index >= 15 is 0 Å². The first-order valence-corrected chi connectivity index (χ1v) is 13.9. The van der Waals surface area contributed by atoms with Gasteiger partial charge < -0.3 is 0 Å². The van der Waals surface area contributed by atoms with Crippen LogP contribution in [0.25, 0.3) is 10.8 Å². The molecule has 0 nitrogen and oxygen atoms in total. The normalized spacial score (nSPS) is 17.9. The Morgan fingerprint density at radius 1 is 0.647 bits per heavy atom. The molecule has 0 heterocycles. The summed E-state index contributed by atoms with van der Waals surface area (Å²) in [7, 11) is 0. The Balaban J connectivity index is 1.33. The quantitative estimate of drug-likeness (QED) is 0.225. The standard InChI is InChI=1S/C34H42/c1-3-5-7-9-27-13-19-31(20-14-27)32-21-15-28(16-22-32)11-12-30-18-24-33-25-29(10-8-6-4-2)17-23-34(33)26-30/h15-18,21-27,31H,3-10,13-14,19-20H2,1-2H3/t27-,31-. The van der Waals surface area contributed by atoms with Crippen LogP contribution in [0.15, 0.2) is 60.7 Å². The summed E-state index contributed by atoms with van der Waals surface area (Å²) in [5, 5.41) is 2.61. The maximum atomic E-state index is 3.39. The third-order valence-corrected chi connectivity index (χ3v) is 7.77. The molecule has 0 spiro atoms. The number of rotatable bonds is 9. The number of hydrogen-bond acceptors (Lipinski definition) is 0. The molecule has 0 atom stereocenters. The lowest BCUT2D eigenvalue weighted by Crippen LogP contribution is -2.13. The van der Waals surface area contributed by atoms with Crippen molar-refractivity contribution in [3.05, 3.63) is 82.9 Å². The van der Waals surface area contributed by atoms with E-state index in [0.717, 1.165) is 23.0 Å². The summed E-state index contributed by atoms with van der Waals surface area (Å²) in [6, 6.07) is 22.6. The molecule has 3 aromatic carbocycles. The van der Waals surface area contributed by atoms with Crippen molar-refractivity contribution < 1.29 is 0 Å². The van der Waals surface area contributed by atoms with Gasteiger partial charge in [0.15, 0.2) is 0 Å². The van der Waals surface area contributed by atoms with Crippen LogP contribution in [-0.4, -0.2) is 0 Å². The highest BCUT2D eigenvalue weighted by Crippen LogP contribution is 2.37. The molecule has 178 valence electrons. The van der Waals surface area contributed by atoms with E-state index in [0.29, 0.717) is 0 Å². The van der Waals surface area contributed by atoms with Crippen molar-refractivity contribution in [2.75, 3.05) is 0 Å². The highest BCUT2D eigenvalue weighted by Gasteiger charge is 2.21. The highest BCUT2D eigenvalue weighted by atomic mass is 14.3. The van der Waals surface area contributed by atoms with E-state index < -0.39 is 0 Å². The van der Waals surface area contributed by atoms with E-state index in [9.17, 15) is 0 Å². The predicted octanol–water partition coefficient (Wildman–Crippen LogP) is 9.83. The molecule has 34 heavy (non-hydrogen) atoms. The van der Waals surface area contributed by atoms with Gasteiger partial charge in [0.25, 0.3) is 0 Å². The Labute approximate surface area is 208 Å². The van der Waals surface area contributed by atoms with Crippen molar-refractivity contribution >= 4 is 10.8 Å². The van der Waals surface area contributed by atoms with Gasteiger partial charge in [-0.05, 0) is 96.5 Å². The monoisotopic (exact) mass is 450 g/mol. The van der Waals surface area contributed by atoms with E-state index in [4.69, 9.17) is 0 Å². The van der Waals surface area contributed by atoms with Gasteiger partial charge in [0.2, 0.25) is 0 Å². The number of hydrogen-bond donors (Lipinski definition) is 0. The Morgan fingerprint density at radius 2 is 1.29 bits per heavy atom. The van der Waals surface area contributed by atoms with Gasteiger partial charge in [-0.1, -0.05) is 101 Å². The average Bonchev–Trinajstić information content (AvgIpc) is 2.88. The third kappa shape index (κ3) is 6.99. The number of aryl methyl sites for hydroxylation is 1. The summed E-state index contributed by atoms with van der Waals surface area (Å²) in [5.41, 5.74) is 5.17. The molecule has 0 heteroatoms. The molecule has 0 aliphatic heterocycles. The van der Waals surface area contributed by atoms with E-state index in [-0.39, 0.29) is 0 Å². The summed E-state index contributed by atoms with van der Waals surface area (Å²) in [6.07, 6.45) is 16.2. The zero-order valence-corrected chi connectivity index (χ0v) is 21.4. The summed E-state index contributed by atoms with van der Waals surface area (Å²) >= 11 is 0. The van der Waals surface area contributed by atoms with Crippen LogP contribution in [0.2, 0.25) is 0 Å². The molecule has 4 rings (SSSR count). The van der Waals surface area contributed by atoms with Crippen molar-refractivity contribution in [2.45, 2.75) is 96.8 Å². The van der Waals surface area contributed by atoms with Crippen molar-refractivity contribution in [3.8, 4) is 11.8 Å². The van der Waals surface area contributed by atoms with Gasteiger partial charge in [0.1, 0.15) is 0 Å². The minimum atomic E-state index is 0.747. The summed E-state index contributed by atoms with van der Waals surface area (Å²) in [5.74, 6) is 8.50. The first-order valence-electron chi connectivity index (χ1n) is 13.9. The largest absolute Gasteiger partial charge is 0.0654 e. The van der Waals surface area contributed by atoms with Gasteiger partial charge in [-0.3, -0.25) is 0 Å². The van der Waals surface area contributed by atoms with Crippen LogP contribution >= 0.6 is 0 Å². The predicted molar refractivity (Wildman–Crippen MR) is 148 cm³/mol. The molecule has 1 aliphatic rings. The fourth-order valence-electron chi connectivity index (χ4n) is 5.56. The molecule has 1 saturated carbocycles. The van der Waals surface area contributed by atoms with Crippen LogP contribution in [0.1, 0.15) is 113 Å². The number of benzene rings is 3. The lowest BCUT2D eigenvalue weighted by atomic mass is 9.77. The fraction of sp³-hybridized carbons (Fsp3) is 0.471. The molecule has 0 aromatic heterocycles. The van der Waals surface area contributed by atoms with Gasteiger partial charge in [-0.15, -0.1) is 0 Å². The van der Waals surface area contributed by atoms with Crippen LogP contribution in [0.5, 0.6) is 0 Å². The molecule has 0 radical (unpaired) electrons. The lowest BCUT2D eigenvalue weighted by Gasteiger charge is -2.29. The SMILES string of the molecule is CCCCCc1ccc2cc(C#Cc3ccc([C@H]4CC[C@H](CCCCC)CC4)cc3)ccc2c1. The van der Waals surface area contributed by atoms with E-state index in [1.165, 1.54) is 98.9 Å². The van der Waals surface area contributed by atoms with Crippen molar-refractivity contribution in [1.82, 2.24) is 0 Å². The first kappa shape index (κ1) is 24.6. The Morgan fingerprint density at radius 3 is 2.06 bits per heavy atom. The molecule has 1 aliphatic carbocycles. The molecule has 0 unspecified atom stereocenters. The number of fused-ring (bicyclic) bond motifs is 1. The molecule has 0 bridgehead atoms. The Bertz CT molecular complexity index is 1080. The van der Waals surface area contributed by atoms with Crippen LogP contribution in [0.4, 0.5) is 0 Å². The van der Waals surface area contributed by atoms with Crippen LogP contribution in [0, 0.1) is 17.8 Å². The van der Waals surface area contributed by atoms with E-state index in [1.807, 2.05) is 0 Å². The van der Waals surface area contributed by atoms with Crippen LogP contribution < -0.4 is 0 Å². The maximum Gasteiger partial charge on any atom is 0.0255 e. The molecule has 0 amide bonds. The van der Waals surface area contributed by atoms with Gasteiger partial charge >= 0.3 is 0 Å². The van der Waals surface area contributed by atoms with Crippen LogP contribution in [-0.2, 0) is 6.42 Å². The fourth-order valence-corrected chi connectivity index (χ4v) is 5.56. The maximum absolute atomic E-state index is 3.39. The van der Waals surface area contributed by atoms with Gasteiger partial charge in [-0.2, -0.15) is 0 Å². The second-order valence-electron chi connectivity index (χ2n) is 10.4. The summed E-state index contributed by atoms with van der Waals surface area (Å²) in [4.78, 5) is 0.